The number of carbonyl (C=O) groups is 1. The highest BCUT2D eigenvalue weighted by Gasteiger charge is 2.48. The molecule has 136 valence electrons. The average Bonchev–Trinajstić information content (AvgIpc) is 2.63. The van der Waals surface area contributed by atoms with Gasteiger partial charge >= 0.3 is 0 Å². The van der Waals surface area contributed by atoms with Gasteiger partial charge in [0.15, 0.2) is 0 Å². The van der Waals surface area contributed by atoms with Gasteiger partial charge in [-0.3, -0.25) is 9.78 Å². The molecule has 3 aromatic rings. The Bertz CT molecular complexity index is 1120. The van der Waals surface area contributed by atoms with Crippen molar-refractivity contribution in [2.75, 3.05) is 4.90 Å². The summed E-state index contributed by atoms with van der Waals surface area (Å²) < 4.78 is 0. The van der Waals surface area contributed by atoms with Gasteiger partial charge in [-0.15, -0.1) is 0 Å². The lowest BCUT2D eigenvalue weighted by molar-refractivity contribution is -0.125. The molecule has 0 saturated heterocycles. The maximum atomic E-state index is 13.7. The largest absolute Gasteiger partial charge is 0.306 e. The van der Waals surface area contributed by atoms with Crippen LogP contribution in [0.2, 0.25) is 0 Å². The molecule has 1 unspecified atom stereocenters. The van der Waals surface area contributed by atoms with Gasteiger partial charge in [0, 0.05) is 22.7 Å². The van der Waals surface area contributed by atoms with E-state index in [1.807, 2.05) is 62.9 Å². The van der Waals surface area contributed by atoms with Gasteiger partial charge in [-0.05, 0) is 51.6 Å². The summed E-state index contributed by atoms with van der Waals surface area (Å²) in [5.41, 5.74) is 1.40. The van der Waals surface area contributed by atoms with Crippen LogP contribution in [-0.2, 0) is 10.2 Å². The molecule has 1 aliphatic heterocycles. The number of hydrogen-bond donors (Lipinski definition) is 0. The minimum atomic E-state index is -0.820. The highest BCUT2D eigenvalue weighted by atomic mass is 16.2. The number of rotatable bonds is 2. The van der Waals surface area contributed by atoms with Crippen LogP contribution in [0.15, 0.2) is 42.5 Å². The van der Waals surface area contributed by atoms with E-state index >= 15 is 0 Å². The molecular weight excluding hydrogens is 334 g/mol. The molecule has 0 N–H and O–H groups in total. The molecule has 4 rings (SSSR count). The van der Waals surface area contributed by atoms with Gasteiger partial charge in [0.25, 0.3) is 0 Å². The summed E-state index contributed by atoms with van der Waals surface area (Å²) in [5.74, 6) is 0.0213. The summed E-state index contributed by atoms with van der Waals surface area (Å²) in [6.45, 7) is 8.09. The van der Waals surface area contributed by atoms with Crippen molar-refractivity contribution in [2.45, 2.75) is 51.5 Å². The molecular formula is C23H23N3O. The zero-order chi connectivity index (χ0) is 19.4. The standard InChI is InChI=1S/C23H23N3O/c1-22(2,3)26-18-12-7-10-16-15-9-5-6-11-17(15)25-20(19(16)18)23(4,21(26)27)13-8-14-24/h5-7,9-12H,8,13H2,1-4H3. The van der Waals surface area contributed by atoms with E-state index in [0.29, 0.717) is 12.8 Å². The smallest absolute Gasteiger partial charge is 0.239 e. The van der Waals surface area contributed by atoms with E-state index in [0.717, 1.165) is 33.1 Å². The van der Waals surface area contributed by atoms with Crippen LogP contribution >= 0.6 is 0 Å². The Morgan fingerprint density at radius 2 is 1.81 bits per heavy atom. The zero-order valence-corrected chi connectivity index (χ0v) is 16.2. The number of aromatic nitrogens is 1. The Labute approximate surface area is 159 Å². The van der Waals surface area contributed by atoms with Gasteiger partial charge in [0.2, 0.25) is 5.91 Å². The summed E-state index contributed by atoms with van der Waals surface area (Å²) in [6.07, 6.45) is 0.780. The minimum absolute atomic E-state index is 0.0213. The van der Waals surface area contributed by atoms with Gasteiger partial charge in [-0.2, -0.15) is 5.26 Å². The van der Waals surface area contributed by atoms with Crippen molar-refractivity contribution in [1.29, 1.82) is 5.26 Å². The molecule has 0 bridgehead atoms. The summed E-state index contributed by atoms with van der Waals surface area (Å²) in [4.78, 5) is 20.6. The van der Waals surface area contributed by atoms with Gasteiger partial charge in [-0.25, -0.2) is 0 Å². The first-order chi connectivity index (χ1) is 12.8. The Balaban J connectivity index is 2.18. The first-order valence-corrected chi connectivity index (χ1v) is 9.32. The second-order valence-electron chi connectivity index (χ2n) is 8.48. The average molecular weight is 357 g/mol. The number of benzene rings is 2. The normalized spacial score (nSPS) is 19.5. The van der Waals surface area contributed by atoms with Crippen molar-refractivity contribution in [3.05, 3.63) is 48.2 Å². The molecule has 0 saturated carbocycles. The van der Waals surface area contributed by atoms with Crippen LogP contribution < -0.4 is 4.90 Å². The molecule has 0 aliphatic carbocycles. The van der Waals surface area contributed by atoms with E-state index in [9.17, 15) is 10.1 Å². The van der Waals surface area contributed by atoms with Crippen molar-refractivity contribution < 1.29 is 4.79 Å². The summed E-state index contributed by atoms with van der Waals surface area (Å²) in [6, 6.07) is 16.4. The quantitative estimate of drug-likeness (QED) is 0.600. The Morgan fingerprint density at radius 1 is 1.11 bits per heavy atom. The predicted molar refractivity (Wildman–Crippen MR) is 109 cm³/mol. The number of para-hydroxylation sites is 1. The van der Waals surface area contributed by atoms with Crippen LogP contribution in [0, 0.1) is 11.3 Å². The molecule has 1 aromatic heterocycles. The highest BCUT2D eigenvalue weighted by Crippen LogP contribution is 2.47. The second-order valence-corrected chi connectivity index (χ2v) is 8.48. The van der Waals surface area contributed by atoms with Crippen LogP contribution in [0.1, 0.15) is 46.2 Å². The Kier molecular flexibility index (Phi) is 3.75. The van der Waals surface area contributed by atoms with E-state index in [-0.39, 0.29) is 11.4 Å². The second kappa shape index (κ2) is 5.79. The molecule has 0 spiro atoms. The summed E-state index contributed by atoms with van der Waals surface area (Å²) in [7, 11) is 0. The number of nitrogens with zero attached hydrogens (tertiary/aromatic N) is 3. The molecule has 4 nitrogen and oxygen atoms in total. The zero-order valence-electron chi connectivity index (χ0n) is 16.2. The number of amides is 1. The maximum absolute atomic E-state index is 13.7. The van der Waals surface area contributed by atoms with Gasteiger partial charge in [0.05, 0.1) is 28.4 Å². The monoisotopic (exact) mass is 357 g/mol. The number of fused-ring (bicyclic) bond motifs is 2. The first kappa shape index (κ1) is 17.5. The summed E-state index contributed by atoms with van der Waals surface area (Å²) in [5, 5.41) is 12.4. The molecule has 0 fully saturated rings. The van der Waals surface area contributed by atoms with E-state index < -0.39 is 5.41 Å². The molecule has 1 amide bonds. The lowest BCUT2D eigenvalue weighted by Crippen LogP contribution is -2.56. The lowest BCUT2D eigenvalue weighted by atomic mass is 9.74. The third kappa shape index (κ3) is 2.42. The van der Waals surface area contributed by atoms with E-state index in [1.165, 1.54) is 0 Å². The lowest BCUT2D eigenvalue weighted by Gasteiger charge is -2.46. The third-order valence-electron chi connectivity index (χ3n) is 5.55. The van der Waals surface area contributed by atoms with Crippen LogP contribution in [0.3, 0.4) is 0 Å². The number of carbonyl (C=O) groups excluding carboxylic acids is 1. The third-order valence-corrected chi connectivity index (χ3v) is 5.55. The van der Waals surface area contributed by atoms with Crippen molar-refractivity contribution in [3.63, 3.8) is 0 Å². The van der Waals surface area contributed by atoms with Gasteiger partial charge in [-0.1, -0.05) is 30.3 Å². The van der Waals surface area contributed by atoms with E-state index in [4.69, 9.17) is 4.98 Å². The minimum Gasteiger partial charge on any atom is -0.306 e. The van der Waals surface area contributed by atoms with Crippen LogP contribution in [-0.4, -0.2) is 16.4 Å². The molecule has 2 heterocycles. The van der Waals surface area contributed by atoms with E-state index in [1.54, 1.807) is 0 Å². The number of nitriles is 1. The predicted octanol–water partition coefficient (Wildman–Crippen LogP) is 5.09. The van der Waals surface area contributed by atoms with Crippen molar-refractivity contribution in [1.82, 2.24) is 4.98 Å². The van der Waals surface area contributed by atoms with E-state index in [2.05, 4.69) is 18.2 Å². The van der Waals surface area contributed by atoms with Crippen molar-refractivity contribution in [3.8, 4) is 6.07 Å². The van der Waals surface area contributed by atoms with Crippen LogP contribution in [0.25, 0.3) is 21.7 Å². The summed E-state index contributed by atoms with van der Waals surface area (Å²) >= 11 is 0. The van der Waals surface area contributed by atoms with Crippen LogP contribution in [0.4, 0.5) is 5.69 Å². The number of anilines is 1. The first-order valence-electron chi connectivity index (χ1n) is 9.32. The Hall–Kier alpha value is -2.93. The fourth-order valence-corrected chi connectivity index (χ4v) is 4.23. The fourth-order valence-electron chi connectivity index (χ4n) is 4.23. The van der Waals surface area contributed by atoms with Gasteiger partial charge in [0.1, 0.15) is 0 Å². The van der Waals surface area contributed by atoms with Crippen molar-refractivity contribution >= 4 is 33.3 Å². The van der Waals surface area contributed by atoms with Crippen molar-refractivity contribution in [2.24, 2.45) is 0 Å². The molecule has 2 aromatic carbocycles. The molecule has 27 heavy (non-hydrogen) atoms. The van der Waals surface area contributed by atoms with Gasteiger partial charge < -0.3 is 4.90 Å². The molecule has 1 aliphatic rings. The maximum Gasteiger partial charge on any atom is 0.239 e. The van der Waals surface area contributed by atoms with Crippen LogP contribution in [0.5, 0.6) is 0 Å². The molecule has 4 heteroatoms. The molecule has 1 atom stereocenters. The topological polar surface area (TPSA) is 57.0 Å². The highest BCUT2D eigenvalue weighted by molar-refractivity contribution is 6.19. The fraction of sp³-hybridized carbons (Fsp3) is 0.348. The Morgan fingerprint density at radius 3 is 2.52 bits per heavy atom. The molecule has 0 radical (unpaired) electrons. The number of hydrogen-bond acceptors (Lipinski definition) is 3. The SMILES string of the molecule is CC1(CCC#N)C(=O)N(C(C)(C)C)c2cccc3c2c1nc1ccccc13. The number of pyridine rings is 1.